The van der Waals surface area contributed by atoms with Gasteiger partial charge in [0.25, 0.3) is 0 Å². The molecule has 0 aliphatic carbocycles. The fourth-order valence-electron chi connectivity index (χ4n) is 0.968. The Kier molecular flexibility index (Phi) is 4.90. The molecule has 46 valence electrons. The first-order valence-corrected chi connectivity index (χ1v) is 2.93. The second kappa shape index (κ2) is 4.53. The first-order valence-electron chi connectivity index (χ1n) is 2.93. The van der Waals surface area contributed by atoms with E-state index in [0.29, 0.717) is 5.92 Å². The summed E-state index contributed by atoms with van der Waals surface area (Å²) < 4.78 is 0. The van der Waals surface area contributed by atoms with E-state index in [0.717, 1.165) is 13.1 Å². The largest absolute Gasteiger partial charge is 3.00 e. The van der Waals surface area contributed by atoms with Crippen molar-refractivity contribution in [3.05, 3.63) is 0 Å². The molecular weight excluding hydrogens is 191 g/mol. The molecule has 1 fully saturated rings. The topological polar surface area (TPSA) is 29.1 Å². The van der Waals surface area contributed by atoms with Crippen LogP contribution in [0.25, 0.3) is 0 Å². The molecule has 2 nitrogen and oxygen atoms in total. The summed E-state index contributed by atoms with van der Waals surface area (Å²) in [7, 11) is 0. The molecule has 2 atom stereocenters. The zero-order chi connectivity index (χ0) is 5.98. The van der Waals surface area contributed by atoms with Crippen LogP contribution in [-0.4, -0.2) is 19.4 Å². The zero-order valence-corrected chi connectivity index (χ0v) is 8.39. The van der Waals surface area contributed by atoms with Crippen LogP contribution in [0.5, 0.6) is 0 Å². The minimum atomic E-state index is 0. The van der Waals surface area contributed by atoms with Crippen molar-refractivity contribution in [2.75, 3.05) is 13.1 Å². The Hall–Kier alpha value is 0.734. The third kappa shape index (κ3) is 2.44. The Morgan fingerprint density at radius 2 is 2.22 bits per heavy atom. The van der Waals surface area contributed by atoms with Crippen molar-refractivity contribution in [1.82, 2.24) is 5.32 Å². The molecule has 2 unspecified atom stereocenters. The minimum Gasteiger partial charge on any atom is -0.541 e. The van der Waals surface area contributed by atoms with Crippen molar-refractivity contribution in [3.63, 3.8) is 0 Å². The van der Waals surface area contributed by atoms with E-state index in [2.05, 4.69) is 12.2 Å². The van der Waals surface area contributed by atoms with E-state index in [9.17, 15) is 4.79 Å². The normalized spacial score (nSPS) is 33.4. The maximum absolute atomic E-state index is 10.1. The van der Waals surface area contributed by atoms with Gasteiger partial charge in [0, 0.05) is 0 Å². The van der Waals surface area contributed by atoms with Gasteiger partial charge in [-0.15, -0.1) is 5.92 Å². The smallest absolute Gasteiger partial charge is 0.541 e. The van der Waals surface area contributed by atoms with Gasteiger partial charge in [-0.05, 0) is 13.1 Å². The van der Waals surface area contributed by atoms with E-state index in [4.69, 9.17) is 0 Å². The van der Waals surface area contributed by atoms with Crippen LogP contribution in [0.4, 0.5) is 0 Å². The van der Waals surface area contributed by atoms with Gasteiger partial charge in [0.05, 0.1) is 0 Å². The Morgan fingerprint density at radius 1 is 1.56 bits per heavy atom. The molecule has 9 heavy (non-hydrogen) atoms. The van der Waals surface area contributed by atoms with Gasteiger partial charge < -0.3 is 10.1 Å². The fourth-order valence-corrected chi connectivity index (χ4v) is 0.968. The van der Waals surface area contributed by atoms with Gasteiger partial charge in [0.15, 0.2) is 0 Å². The summed E-state index contributed by atoms with van der Waals surface area (Å²) in [5, 5.41) is 3.11. The monoisotopic (exact) mass is 201 g/mol. The molecule has 1 N–H and O–H groups in total. The van der Waals surface area contributed by atoms with Crippen LogP contribution in [0.3, 0.4) is 0 Å². The molecule has 0 bridgehead atoms. The Balaban J connectivity index is 0.000000640. The van der Waals surface area contributed by atoms with Crippen LogP contribution in [0.1, 0.15) is 6.92 Å². The first-order chi connectivity index (χ1) is 3.84. The SMILES string of the molecule is CC1CNCC1[C-]=O.[Y+3]. The van der Waals surface area contributed by atoms with Crippen molar-refractivity contribution in [1.29, 1.82) is 0 Å². The van der Waals surface area contributed by atoms with Gasteiger partial charge >= 0.3 is 32.7 Å². The first kappa shape index (κ1) is 9.73. The molecule has 3 heteroatoms. The Morgan fingerprint density at radius 3 is 2.44 bits per heavy atom. The van der Waals surface area contributed by atoms with Gasteiger partial charge in [-0.2, -0.15) is 0 Å². The van der Waals surface area contributed by atoms with Gasteiger partial charge in [-0.1, -0.05) is 12.8 Å². The maximum atomic E-state index is 10.1. The Labute approximate surface area is 80.7 Å². The molecule has 1 saturated heterocycles. The predicted octanol–water partition coefficient (Wildman–Crippen LogP) is -0.0509. The summed E-state index contributed by atoms with van der Waals surface area (Å²) in [6.45, 7) is 3.86. The van der Waals surface area contributed by atoms with Crippen LogP contribution in [0.2, 0.25) is 0 Å². The van der Waals surface area contributed by atoms with Gasteiger partial charge in [-0.3, -0.25) is 6.29 Å². The summed E-state index contributed by atoms with van der Waals surface area (Å²) >= 11 is 0. The third-order valence-electron chi connectivity index (χ3n) is 1.67. The average Bonchev–Trinajstić information content (AvgIpc) is 2.14. The van der Waals surface area contributed by atoms with E-state index in [-0.39, 0.29) is 38.6 Å². The summed E-state index contributed by atoms with van der Waals surface area (Å²) in [6.07, 6.45) is 2.00. The number of rotatable bonds is 1. The fraction of sp³-hybridized carbons (Fsp3) is 0.833. The van der Waals surface area contributed by atoms with Gasteiger partial charge in [0.1, 0.15) is 0 Å². The van der Waals surface area contributed by atoms with Crippen LogP contribution in [-0.2, 0) is 37.5 Å². The summed E-state index contributed by atoms with van der Waals surface area (Å²) in [4.78, 5) is 10.1. The van der Waals surface area contributed by atoms with Crippen molar-refractivity contribution in [2.45, 2.75) is 6.92 Å². The maximum Gasteiger partial charge on any atom is 3.00 e. The average molecular weight is 201 g/mol. The number of carbonyl (C=O) groups excluding carboxylic acids is 1. The zero-order valence-electron chi connectivity index (χ0n) is 5.55. The van der Waals surface area contributed by atoms with E-state index < -0.39 is 0 Å². The number of nitrogens with one attached hydrogen (secondary N) is 1. The van der Waals surface area contributed by atoms with Crippen LogP contribution in [0, 0.1) is 11.8 Å². The molecule has 0 amide bonds. The van der Waals surface area contributed by atoms with Crippen LogP contribution < -0.4 is 5.32 Å². The van der Waals surface area contributed by atoms with Crippen LogP contribution in [0.15, 0.2) is 0 Å². The predicted molar refractivity (Wildman–Crippen MR) is 31.2 cm³/mol. The molecule has 0 aromatic carbocycles. The van der Waals surface area contributed by atoms with Crippen molar-refractivity contribution in [3.8, 4) is 0 Å². The molecule has 1 heterocycles. The van der Waals surface area contributed by atoms with E-state index in [1.165, 1.54) is 0 Å². The van der Waals surface area contributed by atoms with Gasteiger partial charge in [-0.25, -0.2) is 0 Å². The summed E-state index contributed by atoms with van der Waals surface area (Å²) in [6, 6.07) is 0. The third-order valence-corrected chi connectivity index (χ3v) is 1.67. The van der Waals surface area contributed by atoms with Crippen LogP contribution >= 0.6 is 0 Å². The Bertz CT molecular complexity index is 97.1. The van der Waals surface area contributed by atoms with Gasteiger partial charge in [0.2, 0.25) is 0 Å². The molecular formula is C6H10NOY+2. The van der Waals surface area contributed by atoms with Crippen molar-refractivity contribution in [2.24, 2.45) is 11.8 Å². The van der Waals surface area contributed by atoms with E-state index in [1.54, 1.807) is 0 Å². The van der Waals surface area contributed by atoms with E-state index >= 15 is 0 Å². The standard InChI is InChI=1S/C6H10NO.Y/c1-5-2-7-3-6(5)4-8;/h5-7H,2-3H2,1H3;/q-1;+3. The minimum absolute atomic E-state index is 0. The summed E-state index contributed by atoms with van der Waals surface area (Å²) in [5.41, 5.74) is 0. The second-order valence-corrected chi connectivity index (χ2v) is 2.36. The molecule has 1 aliphatic heterocycles. The number of hydrogen-bond donors (Lipinski definition) is 1. The van der Waals surface area contributed by atoms with E-state index in [1.807, 2.05) is 6.29 Å². The molecule has 1 aliphatic rings. The molecule has 0 spiro atoms. The van der Waals surface area contributed by atoms with Crippen molar-refractivity contribution < 1.29 is 37.5 Å². The quantitative estimate of drug-likeness (QED) is 0.602. The number of hydrogen-bond acceptors (Lipinski definition) is 2. The summed E-state index contributed by atoms with van der Waals surface area (Å²) in [5.74, 6) is 0.641. The molecule has 0 aromatic heterocycles. The molecule has 0 aromatic rings. The molecule has 0 radical (unpaired) electrons. The molecule has 0 saturated carbocycles. The molecule has 1 rings (SSSR count). The van der Waals surface area contributed by atoms with Crippen molar-refractivity contribution >= 4 is 6.29 Å². The second-order valence-electron chi connectivity index (χ2n) is 2.36.